The summed E-state index contributed by atoms with van der Waals surface area (Å²) >= 11 is 0. The highest BCUT2D eigenvalue weighted by molar-refractivity contribution is 5.81. The third-order valence-corrected chi connectivity index (χ3v) is 1.75. The van der Waals surface area contributed by atoms with Gasteiger partial charge in [0.05, 0.1) is 6.61 Å². The Balaban J connectivity index is 4.40. The molecule has 0 bridgehead atoms. The molecule has 0 aromatic rings. The van der Waals surface area contributed by atoms with Gasteiger partial charge in [0.2, 0.25) is 0 Å². The molecule has 1 unspecified atom stereocenters. The highest BCUT2D eigenvalue weighted by Crippen LogP contribution is 2.07. The Kier molecular flexibility index (Phi) is 6.88. The number of amides is 1. The molecule has 1 N–H and O–H groups in total. The van der Waals surface area contributed by atoms with E-state index in [2.05, 4.69) is 11.2 Å². The number of hydrogen-bond acceptors (Lipinski definition) is 4. The second kappa shape index (κ2) is 7.59. The fourth-order valence-corrected chi connectivity index (χ4v) is 1.06. The van der Waals surface area contributed by atoms with Crippen molar-refractivity contribution in [1.82, 2.24) is 5.32 Å². The molecule has 1 atom stereocenters. The van der Waals surface area contributed by atoms with Crippen LogP contribution in [0.25, 0.3) is 0 Å². The zero-order chi connectivity index (χ0) is 14.2. The number of carbonyl (C=O) groups excluding carboxylic acids is 2. The van der Waals surface area contributed by atoms with E-state index in [-0.39, 0.29) is 6.42 Å². The van der Waals surface area contributed by atoms with Gasteiger partial charge in [-0.05, 0) is 27.2 Å². The molecule has 102 valence electrons. The summed E-state index contributed by atoms with van der Waals surface area (Å²) in [5.74, 6) is 1.78. The fraction of sp³-hybridized carbons (Fsp3) is 0.692. The van der Waals surface area contributed by atoms with Crippen LogP contribution < -0.4 is 5.32 Å². The zero-order valence-electron chi connectivity index (χ0n) is 11.4. The first kappa shape index (κ1) is 16.3. The van der Waals surface area contributed by atoms with Gasteiger partial charge >= 0.3 is 12.1 Å². The van der Waals surface area contributed by atoms with Crippen LogP contribution in [0.3, 0.4) is 0 Å². The lowest BCUT2D eigenvalue weighted by atomic mass is 10.2. The maximum atomic E-state index is 11.6. The molecule has 0 spiro atoms. The lowest BCUT2D eigenvalue weighted by Crippen LogP contribution is -2.44. The summed E-state index contributed by atoms with van der Waals surface area (Å²) in [6, 6.07) is -0.864. The van der Waals surface area contributed by atoms with Crippen LogP contribution in [0.4, 0.5) is 4.79 Å². The average Bonchev–Trinajstić information content (AvgIpc) is 2.22. The molecule has 5 nitrogen and oxygen atoms in total. The van der Waals surface area contributed by atoms with E-state index >= 15 is 0 Å². The number of carbonyl (C=O) groups is 2. The van der Waals surface area contributed by atoms with Gasteiger partial charge in [-0.1, -0.05) is 6.92 Å². The number of nitrogens with one attached hydrogen (secondary N) is 1. The van der Waals surface area contributed by atoms with Crippen LogP contribution in [-0.2, 0) is 14.3 Å². The molecule has 0 aliphatic heterocycles. The van der Waals surface area contributed by atoms with Crippen LogP contribution in [0.1, 0.15) is 40.5 Å². The number of alkyl carbamates (subject to hydrolysis) is 1. The molecule has 0 aromatic carbocycles. The van der Waals surface area contributed by atoms with E-state index in [4.69, 9.17) is 15.9 Å². The summed E-state index contributed by atoms with van der Waals surface area (Å²) in [5, 5.41) is 2.40. The van der Waals surface area contributed by atoms with Crippen molar-refractivity contribution in [3.63, 3.8) is 0 Å². The van der Waals surface area contributed by atoms with Crippen molar-refractivity contribution in [2.24, 2.45) is 0 Å². The monoisotopic (exact) mass is 255 g/mol. The SMILES string of the molecule is C#CCC(NC(=O)OC(C)(C)C)C(=O)OCCC. The van der Waals surface area contributed by atoms with Gasteiger partial charge < -0.3 is 14.8 Å². The number of esters is 1. The number of hydrogen-bond donors (Lipinski definition) is 1. The number of rotatable bonds is 5. The topological polar surface area (TPSA) is 64.6 Å². The predicted molar refractivity (Wildman–Crippen MR) is 67.9 cm³/mol. The molecule has 0 radical (unpaired) electrons. The van der Waals surface area contributed by atoms with Crippen LogP contribution in [-0.4, -0.2) is 30.3 Å². The minimum Gasteiger partial charge on any atom is -0.464 e. The van der Waals surface area contributed by atoms with E-state index in [9.17, 15) is 9.59 Å². The maximum absolute atomic E-state index is 11.6. The molecule has 0 fully saturated rings. The quantitative estimate of drug-likeness (QED) is 0.601. The van der Waals surface area contributed by atoms with Gasteiger partial charge in [-0.3, -0.25) is 0 Å². The highest BCUT2D eigenvalue weighted by Gasteiger charge is 2.24. The lowest BCUT2D eigenvalue weighted by molar-refractivity contribution is -0.146. The Morgan fingerprint density at radius 1 is 1.39 bits per heavy atom. The van der Waals surface area contributed by atoms with E-state index < -0.39 is 23.7 Å². The summed E-state index contributed by atoms with van der Waals surface area (Å²) in [6.45, 7) is 7.38. The summed E-state index contributed by atoms with van der Waals surface area (Å²) < 4.78 is 9.97. The van der Waals surface area contributed by atoms with E-state index in [1.807, 2.05) is 6.92 Å². The summed E-state index contributed by atoms with van der Waals surface area (Å²) in [7, 11) is 0. The molecular weight excluding hydrogens is 234 g/mol. The van der Waals surface area contributed by atoms with E-state index in [1.54, 1.807) is 20.8 Å². The van der Waals surface area contributed by atoms with Gasteiger partial charge in [-0.25, -0.2) is 9.59 Å². The third-order valence-electron chi connectivity index (χ3n) is 1.75. The smallest absolute Gasteiger partial charge is 0.408 e. The molecule has 0 saturated carbocycles. The second-order valence-electron chi connectivity index (χ2n) is 4.77. The van der Waals surface area contributed by atoms with Gasteiger partial charge in [-0.2, -0.15) is 0 Å². The first-order chi connectivity index (χ1) is 8.30. The van der Waals surface area contributed by atoms with Crippen molar-refractivity contribution in [3.05, 3.63) is 0 Å². The van der Waals surface area contributed by atoms with Crippen LogP contribution in [0.15, 0.2) is 0 Å². The standard InChI is InChI=1S/C13H21NO4/c1-6-8-10(11(15)17-9-7-2)14-12(16)18-13(3,4)5/h1,10H,7-9H2,2-5H3,(H,14,16). The minimum atomic E-state index is -0.864. The summed E-state index contributed by atoms with van der Waals surface area (Å²) in [5.41, 5.74) is -0.627. The van der Waals surface area contributed by atoms with Crippen molar-refractivity contribution in [2.45, 2.75) is 52.2 Å². The molecule has 0 aromatic heterocycles. The Morgan fingerprint density at radius 2 is 2.00 bits per heavy atom. The lowest BCUT2D eigenvalue weighted by Gasteiger charge is -2.22. The number of terminal acetylenes is 1. The molecule has 18 heavy (non-hydrogen) atoms. The van der Waals surface area contributed by atoms with Gasteiger partial charge in [-0.15, -0.1) is 12.3 Å². The Bertz CT molecular complexity index is 325. The van der Waals surface area contributed by atoms with Crippen LogP contribution in [0, 0.1) is 12.3 Å². The molecular formula is C13H21NO4. The Labute approximate surface area is 108 Å². The number of ether oxygens (including phenoxy) is 2. The highest BCUT2D eigenvalue weighted by atomic mass is 16.6. The van der Waals surface area contributed by atoms with Gasteiger partial charge in [0, 0.05) is 6.42 Å². The first-order valence-electron chi connectivity index (χ1n) is 5.89. The largest absolute Gasteiger partial charge is 0.464 e. The van der Waals surface area contributed by atoms with Crippen LogP contribution in [0.5, 0.6) is 0 Å². The fourth-order valence-electron chi connectivity index (χ4n) is 1.06. The molecule has 0 aliphatic carbocycles. The summed E-state index contributed by atoms with van der Waals surface area (Å²) in [6.07, 6.45) is 5.25. The summed E-state index contributed by atoms with van der Waals surface area (Å²) in [4.78, 5) is 23.1. The van der Waals surface area contributed by atoms with Crippen molar-refractivity contribution in [2.75, 3.05) is 6.61 Å². The van der Waals surface area contributed by atoms with Crippen LogP contribution >= 0.6 is 0 Å². The van der Waals surface area contributed by atoms with Crippen LogP contribution in [0.2, 0.25) is 0 Å². The average molecular weight is 255 g/mol. The third kappa shape index (κ3) is 7.55. The van der Waals surface area contributed by atoms with Crippen molar-refractivity contribution < 1.29 is 19.1 Å². The van der Waals surface area contributed by atoms with Crippen molar-refractivity contribution >= 4 is 12.1 Å². The zero-order valence-corrected chi connectivity index (χ0v) is 11.4. The van der Waals surface area contributed by atoms with Gasteiger partial charge in [0.25, 0.3) is 0 Å². The van der Waals surface area contributed by atoms with E-state index in [1.165, 1.54) is 0 Å². The Hall–Kier alpha value is -1.70. The van der Waals surface area contributed by atoms with E-state index in [0.717, 1.165) is 0 Å². The molecule has 0 saturated heterocycles. The second-order valence-corrected chi connectivity index (χ2v) is 4.77. The minimum absolute atomic E-state index is 0.0712. The van der Waals surface area contributed by atoms with Gasteiger partial charge in [0.1, 0.15) is 11.6 Å². The van der Waals surface area contributed by atoms with E-state index in [0.29, 0.717) is 13.0 Å². The van der Waals surface area contributed by atoms with Crippen molar-refractivity contribution in [3.8, 4) is 12.3 Å². The first-order valence-corrected chi connectivity index (χ1v) is 5.89. The molecule has 0 heterocycles. The molecule has 0 rings (SSSR count). The maximum Gasteiger partial charge on any atom is 0.408 e. The van der Waals surface area contributed by atoms with Gasteiger partial charge in [0.15, 0.2) is 0 Å². The molecule has 5 heteroatoms. The molecule has 0 aliphatic rings. The molecule has 1 amide bonds. The van der Waals surface area contributed by atoms with Crippen molar-refractivity contribution in [1.29, 1.82) is 0 Å². The normalized spacial score (nSPS) is 12.2. The Morgan fingerprint density at radius 3 is 2.44 bits per heavy atom. The predicted octanol–water partition coefficient (Wildman–Crippen LogP) is 1.86.